The Bertz CT molecular complexity index is 974. The first-order chi connectivity index (χ1) is 12.6. The molecular weight excluding hydrogens is 399 g/mol. The monoisotopic (exact) mass is 415 g/mol. The third-order valence-corrected chi connectivity index (χ3v) is 5.74. The van der Waals surface area contributed by atoms with Gasteiger partial charge in [0, 0.05) is 11.9 Å². The van der Waals surface area contributed by atoms with E-state index >= 15 is 0 Å². The van der Waals surface area contributed by atoms with Crippen molar-refractivity contribution in [1.29, 1.82) is 0 Å². The number of hydrogen-bond donors (Lipinski definition) is 1. The van der Waals surface area contributed by atoms with Gasteiger partial charge >= 0.3 is 6.18 Å². The van der Waals surface area contributed by atoms with Gasteiger partial charge in [0.05, 0.1) is 40.6 Å². The van der Waals surface area contributed by atoms with E-state index in [0.717, 1.165) is 46.2 Å². The molecule has 3 rings (SSSR count). The van der Waals surface area contributed by atoms with Crippen molar-refractivity contribution in [3.8, 4) is 0 Å². The molecule has 2 heterocycles. The SMILES string of the molecule is Cc1cc2ncn(C[C@@H](O)CSc3ncc(C(F)(F)F)cc3Cl)c2cc1C. The number of hydrogen-bond acceptors (Lipinski definition) is 4. The zero-order valence-corrected chi connectivity index (χ0v) is 16.2. The van der Waals surface area contributed by atoms with Crippen molar-refractivity contribution in [2.45, 2.75) is 37.7 Å². The Labute approximate surface area is 163 Å². The lowest BCUT2D eigenvalue weighted by Gasteiger charge is -2.13. The Morgan fingerprint density at radius 2 is 1.89 bits per heavy atom. The van der Waals surface area contributed by atoms with Gasteiger partial charge in [0.25, 0.3) is 0 Å². The van der Waals surface area contributed by atoms with Crippen LogP contribution < -0.4 is 0 Å². The molecule has 0 aliphatic heterocycles. The molecule has 0 aliphatic carbocycles. The first-order valence-corrected chi connectivity index (χ1v) is 9.47. The second-order valence-corrected chi connectivity index (χ2v) is 7.71. The number of alkyl halides is 3. The van der Waals surface area contributed by atoms with Gasteiger partial charge in [-0.05, 0) is 43.2 Å². The fraction of sp³-hybridized carbons (Fsp3) is 0.333. The molecule has 3 aromatic rings. The van der Waals surface area contributed by atoms with Gasteiger partial charge in [-0.1, -0.05) is 11.6 Å². The number of nitrogens with zero attached hydrogens (tertiary/aromatic N) is 3. The van der Waals surface area contributed by atoms with Crippen molar-refractivity contribution in [2.24, 2.45) is 0 Å². The normalized spacial score (nSPS) is 13.3. The summed E-state index contributed by atoms with van der Waals surface area (Å²) in [6.45, 7) is 4.33. The third-order valence-electron chi connectivity index (χ3n) is 4.19. The number of benzene rings is 1. The van der Waals surface area contributed by atoms with Crippen molar-refractivity contribution in [3.63, 3.8) is 0 Å². The van der Waals surface area contributed by atoms with Crippen LogP contribution in [-0.2, 0) is 12.7 Å². The maximum absolute atomic E-state index is 12.7. The molecule has 0 fully saturated rings. The minimum absolute atomic E-state index is 0.0822. The number of aromatic nitrogens is 3. The smallest absolute Gasteiger partial charge is 0.390 e. The summed E-state index contributed by atoms with van der Waals surface area (Å²) < 4.78 is 39.8. The fourth-order valence-electron chi connectivity index (χ4n) is 2.60. The summed E-state index contributed by atoms with van der Waals surface area (Å²) in [4.78, 5) is 8.11. The maximum atomic E-state index is 12.7. The second-order valence-electron chi connectivity index (χ2n) is 6.30. The van der Waals surface area contributed by atoms with E-state index in [-0.39, 0.29) is 15.8 Å². The number of rotatable bonds is 5. The number of imidazole rings is 1. The zero-order valence-electron chi connectivity index (χ0n) is 14.6. The number of pyridine rings is 1. The van der Waals surface area contributed by atoms with Gasteiger partial charge in [0.1, 0.15) is 5.03 Å². The first kappa shape index (κ1) is 20.0. The lowest BCUT2D eigenvalue weighted by Crippen LogP contribution is -2.18. The summed E-state index contributed by atoms with van der Waals surface area (Å²) in [6.07, 6.45) is -2.82. The van der Waals surface area contributed by atoms with Gasteiger partial charge in [-0.2, -0.15) is 13.2 Å². The maximum Gasteiger partial charge on any atom is 0.417 e. The molecule has 0 aliphatic rings. The molecule has 0 spiro atoms. The predicted molar refractivity (Wildman–Crippen MR) is 100 cm³/mol. The van der Waals surface area contributed by atoms with Gasteiger partial charge in [-0.3, -0.25) is 0 Å². The summed E-state index contributed by atoms with van der Waals surface area (Å²) in [5.41, 5.74) is 3.16. The van der Waals surface area contributed by atoms with Gasteiger partial charge in [0.2, 0.25) is 0 Å². The van der Waals surface area contributed by atoms with Crippen LogP contribution in [0, 0.1) is 13.8 Å². The predicted octanol–water partition coefficient (Wildman–Crippen LogP) is 4.87. The number of halogens is 4. The summed E-state index contributed by atoms with van der Waals surface area (Å²) in [5, 5.41) is 10.5. The molecule has 27 heavy (non-hydrogen) atoms. The summed E-state index contributed by atoms with van der Waals surface area (Å²) in [6, 6.07) is 4.86. The Morgan fingerprint density at radius 3 is 2.56 bits per heavy atom. The van der Waals surface area contributed by atoms with E-state index in [1.54, 1.807) is 6.33 Å². The third kappa shape index (κ3) is 4.56. The molecule has 0 unspecified atom stereocenters. The minimum Gasteiger partial charge on any atom is -0.390 e. The Morgan fingerprint density at radius 1 is 1.19 bits per heavy atom. The van der Waals surface area contributed by atoms with E-state index in [1.165, 1.54) is 0 Å². The topological polar surface area (TPSA) is 50.9 Å². The number of aliphatic hydroxyl groups is 1. The zero-order chi connectivity index (χ0) is 19.8. The van der Waals surface area contributed by atoms with E-state index < -0.39 is 17.8 Å². The number of aliphatic hydroxyl groups excluding tert-OH is 1. The highest BCUT2D eigenvalue weighted by molar-refractivity contribution is 7.99. The molecule has 0 saturated carbocycles. The van der Waals surface area contributed by atoms with Crippen molar-refractivity contribution in [1.82, 2.24) is 14.5 Å². The fourth-order valence-corrected chi connectivity index (χ4v) is 3.71. The van der Waals surface area contributed by atoms with Crippen molar-refractivity contribution >= 4 is 34.4 Å². The van der Waals surface area contributed by atoms with Crippen LogP contribution in [0.1, 0.15) is 16.7 Å². The number of thioether (sulfide) groups is 1. The highest BCUT2D eigenvalue weighted by atomic mass is 35.5. The van der Waals surface area contributed by atoms with Gasteiger partial charge in [0.15, 0.2) is 0 Å². The molecule has 0 bridgehead atoms. The molecular formula is C18H17ClF3N3OS. The lowest BCUT2D eigenvalue weighted by atomic mass is 10.1. The van der Waals surface area contributed by atoms with Crippen LogP contribution in [0.2, 0.25) is 5.02 Å². The molecule has 4 nitrogen and oxygen atoms in total. The van der Waals surface area contributed by atoms with E-state index in [2.05, 4.69) is 9.97 Å². The van der Waals surface area contributed by atoms with Crippen LogP contribution in [0.15, 0.2) is 35.7 Å². The van der Waals surface area contributed by atoms with Gasteiger partial charge in [-0.25, -0.2) is 9.97 Å². The molecule has 1 aromatic carbocycles. The lowest BCUT2D eigenvalue weighted by molar-refractivity contribution is -0.137. The van der Waals surface area contributed by atoms with Crippen LogP contribution >= 0.6 is 23.4 Å². The largest absolute Gasteiger partial charge is 0.417 e. The molecule has 1 atom stereocenters. The Kier molecular flexibility index (Phi) is 5.69. The molecule has 2 aromatic heterocycles. The van der Waals surface area contributed by atoms with E-state index in [9.17, 15) is 18.3 Å². The molecule has 0 saturated heterocycles. The number of aryl methyl sites for hydroxylation is 2. The molecule has 0 amide bonds. The molecule has 0 radical (unpaired) electrons. The minimum atomic E-state index is -4.49. The van der Waals surface area contributed by atoms with Crippen molar-refractivity contribution < 1.29 is 18.3 Å². The van der Waals surface area contributed by atoms with Gasteiger partial charge in [-0.15, -0.1) is 11.8 Å². The van der Waals surface area contributed by atoms with E-state index in [0.29, 0.717) is 6.54 Å². The first-order valence-electron chi connectivity index (χ1n) is 8.11. The summed E-state index contributed by atoms with van der Waals surface area (Å²) in [7, 11) is 0. The van der Waals surface area contributed by atoms with Crippen LogP contribution in [0.3, 0.4) is 0 Å². The second kappa shape index (κ2) is 7.69. The Hall–Kier alpha value is -1.77. The van der Waals surface area contributed by atoms with Crippen LogP contribution in [-0.4, -0.2) is 31.5 Å². The van der Waals surface area contributed by atoms with Gasteiger partial charge < -0.3 is 9.67 Å². The van der Waals surface area contributed by atoms with Crippen LogP contribution in [0.25, 0.3) is 11.0 Å². The number of fused-ring (bicyclic) bond motifs is 1. The van der Waals surface area contributed by atoms with E-state index in [4.69, 9.17) is 11.6 Å². The van der Waals surface area contributed by atoms with Crippen molar-refractivity contribution in [2.75, 3.05) is 5.75 Å². The van der Waals surface area contributed by atoms with Crippen molar-refractivity contribution in [3.05, 3.63) is 52.4 Å². The molecule has 144 valence electrons. The summed E-state index contributed by atoms with van der Waals surface area (Å²) >= 11 is 7.00. The summed E-state index contributed by atoms with van der Waals surface area (Å²) in [5.74, 6) is 0.239. The highest BCUT2D eigenvalue weighted by Gasteiger charge is 2.31. The molecule has 9 heteroatoms. The van der Waals surface area contributed by atoms with Crippen LogP contribution in [0.5, 0.6) is 0 Å². The van der Waals surface area contributed by atoms with Crippen LogP contribution in [0.4, 0.5) is 13.2 Å². The van der Waals surface area contributed by atoms with E-state index in [1.807, 2.05) is 30.5 Å². The quantitative estimate of drug-likeness (QED) is 0.604. The average molecular weight is 416 g/mol. The highest BCUT2D eigenvalue weighted by Crippen LogP contribution is 2.34. The average Bonchev–Trinajstić information content (AvgIpc) is 2.95. The Balaban J connectivity index is 1.67. The molecule has 1 N–H and O–H groups in total. The standard InChI is InChI=1S/C18H17ClF3N3OS/c1-10-3-15-16(4-11(10)2)25(9-24-15)7-13(26)8-27-17-14(19)5-12(6-23-17)18(20,21)22/h3-6,9,13,26H,7-8H2,1-2H3/t13-/m1/s1.